The molecular formula is C24H40F2N2O3S. The molecule has 1 aromatic carbocycles. The Morgan fingerprint density at radius 3 is 1.94 bits per heavy atom. The summed E-state index contributed by atoms with van der Waals surface area (Å²) in [5.41, 5.74) is 0.0423. The minimum absolute atomic E-state index is 0.0423. The third-order valence-electron chi connectivity index (χ3n) is 5.54. The number of rotatable bonds is 15. The molecule has 32 heavy (non-hydrogen) atoms. The molecule has 8 heteroatoms. The van der Waals surface area contributed by atoms with E-state index in [0.29, 0.717) is 44.6 Å². The van der Waals surface area contributed by atoms with Gasteiger partial charge in [-0.1, -0.05) is 40.5 Å². The van der Waals surface area contributed by atoms with Crippen molar-refractivity contribution in [1.29, 1.82) is 0 Å². The molecule has 2 N–H and O–H groups in total. The molecular weight excluding hydrogens is 434 g/mol. The van der Waals surface area contributed by atoms with Gasteiger partial charge in [-0.15, -0.1) is 0 Å². The van der Waals surface area contributed by atoms with E-state index in [9.17, 15) is 22.0 Å². The van der Waals surface area contributed by atoms with E-state index in [0.717, 1.165) is 31.2 Å². The van der Waals surface area contributed by atoms with Gasteiger partial charge in [-0.3, -0.25) is 4.79 Å². The molecule has 1 unspecified atom stereocenters. The van der Waals surface area contributed by atoms with E-state index in [-0.39, 0.29) is 11.5 Å². The molecule has 2 atom stereocenters. The Balaban J connectivity index is 3.39. The zero-order chi connectivity index (χ0) is 24.3. The molecule has 0 aliphatic heterocycles. The standard InChI is InChI=1S/C24H40F2N2O3S/c1-6-8-22(9-7-2)32(30,31)24(19-14-20(25)16-21(26)15-19)23(28-18(5)29)11-13-27-12-10-17(3)4/h14-17,22-24,27H,6-13H2,1-5H3,(H,28,29)/t23-,24?/m0/s1. The number of sulfone groups is 1. The Morgan fingerprint density at radius 1 is 0.938 bits per heavy atom. The molecule has 5 nitrogen and oxygen atoms in total. The van der Waals surface area contributed by atoms with Crippen LogP contribution in [0.25, 0.3) is 0 Å². The van der Waals surface area contributed by atoms with E-state index in [1.807, 2.05) is 13.8 Å². The highest BCUT2D eigenvalue weighted by atomic mass is 32.2. The van der Waals surface area contributed by atoms with E-state index < -0.39 is 38.0 Å². The lowest BCUT2D eigenvalue weighted by atomic mass is 10.0. The summed E-state index contributed by atoms with van der Waals surface area (Å²) >= 11 is 0. The number of hydrogen-bond donors (Lipinski definition) is 2. The lowest BCUT2D eigenvalue weighted by Gasteiger charge is -2.31. The van der Waals surface area contributed by atoms with Gasteiger partial charge in [0, 0.05) is 13.0 Å². The molecule has 0 saturated carbocycles. The van der Waals surface area contributed by atoms with Crippen molar-refractivity contribution in [3.05, 3.63) is 35.4 Å². The summed E-state index contributed by atoms with van der Waals surface area (Å²) in [5, 5.41) is 4.18. The van der Waals surface area contributed by atoms with Crippen LogP contribution in [0.1, 0.15) is 84.0 Å². The highest BCUT2D eigenvalue weighted by Gasteiger charge is 2.40. The van der Waals surface area contributed by atoms with Gasteiger partial charge in [0.2, 0.25) is 5.91 Å². The molecule has 0 saturated heterocycles. The average Bonchev–Trinajstić information content (AvgIpc) is 2.65. The first-order valence-corrected chi connectivity index (χ1v) is 13.3. The fraction of sp³-hybridized carbons (Fsp3) is 0.708. The molecule has 1 amide bonds. The molecule has 0 aromatic heterocycles. The van der Waals surface area contributed by atoms with E-state index in [4.69, 9.17) is 0 Å². The van der Waals surface area contributed by atoms with Crippen LogP contribution in [0.2, 0.25) is 0 Å². The quantitative estimate of drug-likeness (QED) is 0.354. The van der Waals surface area contributed by atoms with Crippen molar-refractivity contribution in [2.45, 2.75) is 89.7 Å². The van der Waals surface area contributed by atoms with Gasteiger partial charge in [-0.25, -0.2) is 17.2 Å². The Hall–Kier alpha value is -1.54. The maximum absolute atomic E-state index is 14.1. The topological polar surface area (TPSA) is 75.3 Å². The lowest BCUT2D eigenvalue weighted by molar-refractivity contribution is -0.119. The van der Waals surface area contributed by atoms with Crippen molar-refractivity contribution in [3.63, 3.8) is 0 Å². The van der Waals surface area contributed by atoms with Gasteiger partial charge in [0.15, 0.2) is 9.84 Å². The van der Waals surface area contributed by atoms with Crippen LogP contribution < -0.4 is 10.6 Å². The summed E-state index contributed by atoms with van der Waals surface area (Å²) in [6.45, 7) is 10.6. The first-order chi connectivity index (χ1) is 15.0. The third-order valence-corrected chi connectivity index (χ3v) is 8.25. The van der Waals surface area contributed by atoms with Gasteiger partial charge < -0.3 is 10.6 Å². The smallest absolute Gasteiger partial charge is 0.217 e. The zero-order valence-corrected chi connectivity index (χ0v) is 20.9. The van der Waals surface area contributed by atoms with Crippen LogP contribution >= 0.6 is 0 Å². The predicted octanol–water partition coefficient (Wildman–Crippen LogP) is 4.92. The second-order valence-electron chi connectivity index (χ2n) is 8.94. The Labute approximate surface area is 192 Å². The van der Waals surface area contributed by atoms with Crippen LogP contribution in [0.3, 0.4) is 0 Å². The number of halogens is 2. The maximum atomic E-state index is 14.1. The molecule has 0 aliphatic carbocycles. The molecule has 0 aliphatic rings. The zero-order valence-electron chi connectivity index (χ0n) is 20.1. The molecule has 0 bridgehead atoms. The highest BCUT2D eigenvalue weighted by molar-refractivity contribution is 7.92. The van der Waals surface area contributed by atoms with Gasteiger partial charge in [-0.05, 0) is 62.4 Å². The van der Waals surface area contributed by atoms with Crippen molar-refractivity contribution in [1.82, 2.24) is 10.6 Å². The molecule has 1 aromatic rings. The van der Waals surface area contributed by atoms with E-state index >= 15 is 0 Å². The maximum Gasteiger partial charge on any atom is 0.217 e. The number of nitrogens with one attached hydrogen (secondary N) is 2. The van der Waals surface area contributed by atoms with Crippen molar-refractivity contribution >= 4 is 15.7 Å². The summed E-state index contributed by atoms with van der Waals surface area (Å²) in [6.07, 6.45) is 3.57. The van der Waals surface area contributed by atoms with Crippen molar-refractivity contribution < 1.29 is 22.0 Å². The second-order valence-corrected chi connectivity index (χ2v) is 11.3. The Bertz CT molecular complexity index is 789. The normalized spacial score (nSPS) is 14.0. The first-order valence-electron chi connectivity index (χ1n) is 11.7. The van der Waals surface area contributed by atoms with Crippen LogP contribution in [0.4, 0.5) is 8.78 Å². The number of hydrogen-bond acceptors (Lipinski definition) is 4. The first kappa shape index (κ1) is 28.5. The molecule has 0 fully saturated rings. The highest BCUT2D eigenvalue weighted by Crippen LogP contribution is 2.35. The monoisotopic (exact) mass is 474 g/mol. The summed E-state index contributed by atoms with van der Waals surface area (Å²) in [7, 11) is -3.85. The van der Waals surface area contributed by atoms with E-state index in [2.05, 4.69) is 24.5 Å². The van der Waals surface area contributed by atoms with Crippen LogP contribution in [-0.2, 0) is 14.6 Å². The van der Waals surface area contributed by atoms with Gasteiger partial charge >= 0.3 is 0 Å². The summed E-state index contributed by atoms with van der Waals surface area (Å²) < 4.78 is 55.8. The average molecular weight is 475 g/mol. The summed E-state index contributed by atoms with van der Waals surface area (Å²) in [4.78, 5) is 12.0. The predicted molar refractivity (Wildman–Crippen MR) is 126 cm³/mol. The second kappa shape index (κ2) is 13.9. The summed E-state index contributed by atoms with van der Waals surface area (Å²) in [6, 6.07) is 2.06. The SMILES string of the molecule is CCCC(CCC)S(=O)(=O)C(c1cc(F)cc(F)c1)[C@H](CCNCCC(C)C)NC(C)=O. The fourth-order valence-corrected chi connectivity index (χ4v) is 6.77. The van der Waals surface area contributed by atoms with Crippen molar-refractivity contribution in [3.8, 4) is 0 Å². The number of carbonyl (C=O) groups excluding carboxylic acids is 1. The number of amides is 1. The van der Waals surface area contributed by atoms with Crippen LogP contribution in [0.5, 0.6) is 0 Å². The lowest BCUT2D eigenvalue weighted by Crippen LogP contribution is -2.45. The van der Waals surface area contributed by atoms with Crippen molar-refractivity contribution in [2.24, 2.45) is 5.92 Å². The largest absolute Gasteiger partial charge is 0.352 e. The minimum Gasteiger partial charge on any atom is -0.352 e. The van der Waals surface area contributed by atoms with Crippen LogP contribution in [0, 0.1) is 17.6 Å². The molecule has 0 radical (unpaired) electrons. The fourth-order valence-electron chi connectivity index (χ4n) is 4.05. The Kier molecular flexibility index (Phi) is 12.4. The van der Waals surface area contributed by atoms with Gasteiger partial charge in [-0.2, -0.15) is 0 Å². The summed E-state index contributed by atoms with van der Waals surface area (Å²) in [5.74, 6) is -1.52. The minimum atomic E-state index is -3.85. The number of carbonyl (C=O) groups is 1. The molecule has 184 valence electrons. The van der Waals surface area contributed by atoms with Crippen LogP contribution in [0.15, 0.2) is 18.2 Å². The van der Waals surface area contributed by atoms with E-state index in [1.165, 1.54) is 6.92 Å². The molecule has 0 heterocycles. The number of benzene rings is 1. The van der Waals surface area contributed by atoms with Gasteiger partial charge in [0.25, 0.3) is 0 Å². The van der Waals surface area contributed by atoms with E-state index in [1.54, 1.807) is 0 Å². The van der Waals surface area contributed by atoms with Gasteiger partial charge in [0.1, 0.15) is 16.9 Å². The van der Waals surface area contributed by atoms with Gasteiger partial charge in [0.05, 0.1) is 11.3 Å². The Morgan fingerprint density at radius 2 is 1.47 bits per heavy atom. The molecule has 1 rings (SSSR count). The van der Waals surface area contributed by atoms with Crippen molar-refractivity contribution in [2.75, 3.05) is 13.1 Å². The third kappa shape index (κ3) is 9.14. The molecule has 0 spiro atoms. The van der Waals surface area contributed by atoms with Crippen LogP contribution in [-0.4, -0.2) is 38.7 Å².